The Morgan fingerprint density at radius 3 is 2.92 bits per heavy atom. The van der Waals surface area contributed by atoms with Crippen molar-refractivity contribution in [1.29, 1.82) is 0 Å². The number of fused-ring (bicyclic) bond motifs is 1. The molecule has 0 spiro atoms. The van der Waals surface area contributed by atoms with E-state index in [1.54, 1.807) is 0 Å². The quantitative estimate of drug-likeness (QED) is 0.736. The van der Waals surface area contributed by atoms with Gasteiger partial charge in [0.25, 0.3) is 0 Å². The third kappa shape index (κ3) is 1.90. The Labute approximate surface area is 78.9 Å². The minimum Gasteiger partial charge on any atom is -0.372 e. The van der Waals surface area contributed by atoms with Crippen LogP contribution in [0.2, 0.25) is 0 Å². The Bertz CT molecular complexity index is 285. The summed E-state index contributed by atoms with van der Waals surface area (Å²) in [5.74, 6) is 0. The zero-order valence-corrected chi connectivity index (χ0v) is 7.92. The maximum Gasteiger partial charge on any atom is 0.0744 e. The van der Waals surface area contributed by atoms with E-state index < -0.39 is 0 Å². The Morgan fingerprint density at radius 1 is 1.38 bits per heavy atom. The number of nitrogens with one attached hydrogen (secondary N) is 1. The first-order valence-corrected chi connectivity index (χ1v) is 4.73. The van der Waals surface area contributed by atoms with Crippen LogP contribution < -0.4 is 5.32 Å². The summed E-state index contributed by atoms with van der Waals surface area (Å²) < 4.78 is 5.68. The fourth-order valence-electron chi connectivity index (χ4n) is 1.77. The van der Waals surface area contributed by atoms with Crippen LogP contribution in [0.15, 0.2) is 24.3 Å². The van der Waals surface area contributed by atoms with E-state index in [1.165, 1.54) is 11.1 Å². The van der Waals surface area contributed by atoms with Gasteiger partial charge in [0.15, 0.2) is 0 Å². The van der Waals surface area contributed by atoms with Crippen molar-refractivity contribution in [3.05, 3.63) is 35.4 Å². The van der Waals surface area contributed by atoms with E-state index in [-0.39, 0.29) is 0 Å². The molecule has 0 unspecified atom stereocenters. The summed E-state index contributed by atoms with van der Waals surface area (Å²) in [6.07, 6.45) is 1.39. The molecule has 1 aliphatic heterocycles. The highest BCUT2D eigenvalue weighted by Gasteiger charge is 2.17. The smallest absolute Gasteiger partial charge is 0.0744 e. The average Bonchev–Trinajstić information content (AvgIpc) is 2.18. The maximum atomic E-state index is 5.68. The highest BCUT2D eigenvalue weighted by molar-refractivity contribution is 5.28. The molecule has 2 nitrogen and oxygen atoms in total. The number of ether oxygens (including phenoxy) is 1. The van der Waals surface area contributed by atoms with Gasteiger partial charge in [-0.25, -0.2) is 0 Å². The predicted octanol–water partition coefficient (Wildman–Crippen LogP) is 1.35. The van der Waals surface area contributed by atoms with Crippen molar-refractivity contribution in [2.45, 2.75) is 19.1 Å². The summed E-state index contributed by atoms with van der Waals surface area (Å²) >= 11 is 0. The highest BCUT2D eigenvalue weighted by atomic mass is 16.5. The molecule has 0 bridgehead atoms. The van der Waals surface area contributed by atoms with Crippen molar-refractivity contribution in [3.8, 4) is 0 Å². The Kier molecular flexibility index (Phi) is 2.62. The molecule has 0 radical (unpaired) electrons. The van der Waals surface area contributed by atoms with Crippen molar-refractivity contribution >= 4 is 0 Å². The first-order chi connectivity index (χ1) is 6.40. The summed E-state index contributed by atoms with van der Waals surface area (Å²) in [4.78, 5) is 0. The first-order valence-electron chi connectivity index (χ1n) is 4.73. The Balaban J connectivity index is 2.11. The third-order valence-corrected chi connectivity index (χ3v) is 2.47. The first kappa shape index (κ1) is 8.73. The SMILES string of the molecule is CNC[C@@H]1Cc2ccccc2CO1. The van der Waals surface area contributed by atoms with Gasteiger partial charge in [-0.15, -0.1) is 0 Å². The Hall–Kier alpha value is -0.860. The average molecular weight is 177 g/mol. The number of rotatable bonds is 2. The van der Waals surface area contributed by atoms with Gasteiger partial charge in [-0.1, -0.05) is 24.3 Å². The monoisotopic (exact) mass is 177 g/mol. The molecule has 1 aromatic carbocycles. The van der Waals surface area contributed by atoms with E-state index in [4.69, 9.17) is 4.74 Å². The molecule has 70 valence electrons. The molecular weight excluding hydrogens is 162 g/mol. The lowest BCUT2D eigenvalue weighted by Gasteiger charge is -2.24. The molecule has 1 heterocycles. The molecule has 1 aromatic rings. The van der Waals surface area contributed by atoms with Gasteiger partial charge in [-0.05, 0) is 18.2 Å². The van der Waals surface area contributed by atoms with E-state index in [9.17, 15) is 0 Å². The van der Waals surface area contributed by atoms with Crippen LogP contribution >= 0.6 is 0 Å². The molecule has 0 aromatic heterocycles. The van der Waals surface area contributed by atoms with E-state index in [0.29, 0.717) is 6.10 Å². The zero-order chi connectivity index (χ0) is 9.10. The third-order valence-electron chi connectivity index (χ3n) is 2.47. The van der Waals surface area contributed by atoms with Crippen LogP contribution in [0.3, 0.4) is 0 Å². The van der Waals surface area contributed by atoms with Crippen molar-refractivity contribution in [1.82, 2.24) is 5.32 Å². The number of likely N-dealkylation sites (N-methyl/N-ethyl adjacent to an activating group) is 1. The van der Waals surface area contributed by atoms with Crippen molar-refractivity contribution < 1.29 is 4.74 Å². The minimum atomic E-state index is 0.347. The summed E-state index contributed by atoms with van der Waals surface area (Å²) in [5.41, 5.74) is 2.78. The standard InChI is InChI=1S/C11H15NO/c1-12-7-11-6-9-4-2-3-5-10(9)8-13-11/h2-5,11-12H,6-8H2,1H3/t11-/m0/s1. The Morgan fingerprint density at radius 2 is 2.15 bits per heavy atom. The van der Waals surface area contributed by atoms with E-state index in [0.717, 1.165) is 19.6 Å². The zero-order valence-electron chi connectivity index (χ0n) is 7.92. The topological polar surface area (TPSA) is 21.3 Å². The summed E-state index contributed by atoms with van der Waals surface area (Å²) in [6.45, 7) is 1.71. The highest BCUT2D eigenvalue weighted by Crippen LogP contribution is 2.19. The van der Waals surface area contributed by atoms with Gasteiger partial charge in [0.2, 0.25) is 0 Å². The molecule has 0 saturated heterocycles. The number of hydrogen-bond acceptors (Lipinski definition) is 2. The van der Waals surface area contributed by atoms with E-state index in [1.807, 2.05) is 7.05 Å². The molecule has 2 rings (SSSR count). The van der Waals surface area contributed by atoms with Gasteiger partial charge in [0.05, 0.1) is 12.7 Å². The molecule has 0 amide bonds. The van der Waals surface area contributed by atoms with Gasteiger partial charge in [-0.3, -0.25) is 0 Å². The predicted molar refractivity (Wildman–Crippen MR) is 52.6 cm³/mol. The molecule has 0 fully saturated rings. The molecule has 0 saturated carbocycles. The van der Waals surface area contributed by atoms with E-state index >= 15 is 0 Å². The minimum absolute atomic E-state index is 0.347. The molecule has 0 aliphatic carbocycles. The van der Waals surface area contributed by atoms with Crippen LogP contribution in [-0.2, 0) is 17.8 Å². The van der Waals surface area contributed by atoms with Gasteiger partial charge < -0.3 is 10.1 Å². The molecule has 13 heavy (non-hydrogen) atoms. The second-order valence-electron chi connectivity index (χ2n) is 3.46. The molecule has 2 heteroatoms. The lowest BCUT2D eigenvalue weighted by Crippen LogP contribution is -2.31. The summed E-state index contributed by atoms with van der Waals surface area (Å²) in [6, 6.07) is 8.51. The maximum absolute atomic E-state index is 5.68. The van der Waals surface area contributed by atoms with E-state index in [2.05, 4.69) is 29.6 Å². The van der Waals surface area contributed by atoms with Gasteiger partial charge in [0.1, 0.15) is 0 Å². The summed E-state index contributed by atoms with van der Waals surface area (Å²) in [5, 5.41) is 3.14. The molecule has 1 N–H and O–H groups in total. The molecule has 1 aliphatic rings. The number of hydrogen-bond donors (Lipinski definition) is 1. The molecule has 1 atom stereocenters. The van der Waals surface area contributed by atoms with Gasteiger partial charge in [-0.2, -0.15) is 0 Å². The van der Waals surface area contributed by atoms with Crippen LogP contribution in [0.4, 0.5) is 0 Å². The fraction of sp³-hybridized carbons (Fsp3) is 0.455. The second-order valence-corrected chi connectivity index (χ2v) is 3.46. The van der Waals surface area contributed by atoms with Gasteiger partial charge in [0, 0.05) is 13.0 Å². The largest absolute Gasteiger partial charge is 0.372 e. The summed E-state index contributed by atoms with van der Waals surface area (Å²) in [7, 11) is 1.96. The normalized spacial score (nSPS) is 21.2. The second kappa shape index (κ2) is 3.90. The lowest BCUT2D eigenvalue weighted by molar-refractivity contribution is 0.0302. The van der Waals surface area contributed by atoms with Gasteiger partial charge >= 0.3 is 0 Å². The lowest BCUT2D eigenvalue weighted by atomic mass is 9.99. The van der Waals surface area contributed by atoms with Crippen molar-refractivity contribution in [3.63, 3.8) is 0 Å². The van der Waals surface area contributed by atoms with Crippen LogP contribution in [0.25, 0.3) is 0 Å². The van der Waals surface area contributed by atoms with Crippen LogP contribution in [-0.4, -0.2) is 19.7 Å². The fourth-order valence-corrected chi connectivity index (χ4v) is 1.77. The van der Waals surface area contributed by atoms with Crippen molar-refractivity contribution in [2.24, 2.45) is 0 Å². The van der Waals surface area contributed by atoms with Crippen LogP contribution in [0, 0.1) is 0 Å². The number of benzene rings is 1. The van der Waals surface area contributed by atoms with Crippen LogP contribution in [0.1, 0.15) is 11.1 Å². The van der Waals surface area contributed by atoms with Crippen molar-refractivity contribution in [2.75, 3.05) is 13.6 Å². The van der Waals surface area contributed by atoms with Crippen LogP contribution in [0.5, 0.6) is 0 Å². The molecular formula is C11H15NO.